The van der Waals surface area contributed by atoms with Crippen LogP contribution in [0.3, 0.4) is 0 Å². The van der Waals surface area contributed by atoms with Crippen LogP contribution >= 0.6 is 15.9 Å². The summed E-state index contributed by atoms with van der Waals surface area (Å²) in [7, 11) is 1.52. The van der Waals surface area contributed by atoms with E-state index in [4.69, 9.17) is 4.74 Å². The number of aliphatic hydroxyl groups is 1. The number of ether oxygens (including phenoxy) is 1. The van der Waals surface area contributed by atoms with E-state index in [1.807, 2.05) is 36.4 Å². The number of rotatable bonds is 4. The number of hydrogen-bond donors (Lipinski definition) is 1. The predicted molar refractivity (Wildman–Crippen MR) is 118 cm³/mol. The summed E-state index contributed by atoms with van der Waals surface area (Å²) >= 11 is 3.42. The molecule has 0 saturated carbocycles. The molecule has 0 aromatic heterocycles. The zero-order valence-corrected chi connectivity index (χ0v) is 17.7. The van der Waals surface area contributed by atoms with Gasteiger partial charge in [0, 0.05) is 15.7 Å². The number of anilines is 1. The number of aliphatic hydroxyl groups excluding tert-OH is 1. The molecule has 0 spiro atoms. The molecule has 1 aliphatic rings. The monoisotopic (exact) mass is 463 g/mol. The van der Waals surface area contributed by atoms with Gasteiger partial charge in [-0.05, 0) is 35.9 Å². The molecule has 1 unspecified atom stereocenters. The van der Waals surface area contributed by atoms with Gasteiger partial charge in [-0.25, -0.2) is 0 Å². The van der Waals surface area contributed by atoms with Gasteiger partial charge in [-0.2, -0.15) is 0 Å². The summed E-state index contributed by atoms with van der Waals surface area (Å²) in [6.45, 7) is 0. The topological polar surface area (TPSA) is 66.8 Å². The van der Waals surface area contributed by atoms with Crippen molar-refractivity contribution in [3.8, 4) is 5.75 Å². The summed E-state index contributed by atoms with van der Waals surface area (Å²) in [5, 5.41) is 11.1. The molecule has 5 nitrogen and oxygen atoms in total. The van der Waals surface area contributed by atoms with Gasteiger partial charge >= 0.3 is 0 Å². The second kappa shape index (κ2) is 8.16. The van der Waals surface area contributed by atoms with E-state index in [1.54, 1.807) is 42.5 Å². The van der Waals surface area contributed by atoms with Crippen molar-refractivity contribution in [1.82, 2.24) is 0 Å². The van der Waals surface area contributed by atoms with E-state index in [0.29, 0.717) is 17.0 Å². The molecule has 1 amide bonds. The molecule has 0 bridgehead atoms. The minimum absolute atomic E-state index is 0.0411. The maximum absolute atomic E-state index is 13.1. The van der Waals surface area contributed by atoms with Gasteiger partial charge in [-0.15, -0.1) is 0 Å². The summed E-state index contributed by atoms with van der Waals surface area (Å²) in [6.07, 6.45) is 0. The molecule has 150 valence electrons. The molecule has 1 fully saturated rings. The second-order valence-corrected chi connectivity index (χ2v) is 7.71. The highest BCUT2D eigenvalue weighted by molar-refractivity contribution is 9.10. The van der Waals surface area contributed by atoms with Gasteiger partial charge in [0.25, 0.3) is 11.7 Å². The largest absolute Gasteiger partial charge is 0.507 e. The quantitative estimate of drug-likeness (QED) is 0.332. The molecular formula is C24H18BrNO4. The summed E-state index contributed by atoms with van der Waals surface area (Å²) in [4.78, 5) is 27.6. The first-order chi connectivity index (χ1) is 14.5. The van der Waals surface area contributed by atoms with Gasteiger partial charge < -0.3 is 9.84 Å². The molecule has 4 rings (SSSR count). The number of amides is 1. The van der Waals surface area contributed by atoms with Crippen LogP contribution in [0.15, 0.2) is 88.9 Å². The number of hydrogen-bond acceptors (Lipinski definition) is 4. The normalized spacial score (nSPS) is 17.9. The first-order valence-electron chi connectivity index (χ1n) is 9.27. The predicted octanol–water partition coefficient (Wildman–Crippen LogP) is 5.08. The Hall–Kier alpha value is -3.38. The van der Waals surface area contributed by atoms with Gasteiger partial charge in [0.1, 0.15) is 11.5 Å². The molecule has 1 aliphatic heterocycles. The summed E-state index contributed by atoms with van der Waals surface area (Å²) in [6, 6.07) is 22.4. The number of halogens is 1. The fourth-order valence-corrected chi connectivity index (χ4v) is 3.99. The zero-order chi connectivity index (χ0) is 21.3. The molecule has 3 aromatic carbocycles. The molecule has 1 N–H and O–H groups in total. The third kappa shape index (κ3) is 3.50. The molecule has 3 aromatic rings. The average Bonchev–Trinajstić information content (AvgIpc) is 3.04. The van der Waals surface area contributed by atoms with Crippen LogP contribution in [0.1, 0.15) is 17.2 Å². The van der Waals surface area contributed by atoms with Crippen molar-refractivity contribution in [3.05, 3.63) is 100 Å². The minimum atomic E-state index is -0.758. The third-order valence-corrected chi connectivity index (χ3v) is 5.48. The third-order valence-electron chi connectivity index (χ3n) is 4.99. The Morgan fingerprint density at radius 3 is 2.40 bits per heavy atom. The first kappa shape index (κ1) is 19.9. The lowest BCUT2D eigenvalue weighted by Gasteiger charge is -2.25. The van der Waals surface area contributed by atoms with Crippen molar-refractivity contribution in [1.29, 1.82) is 0 Å². The number of nitrogens with zero attached hydrogens (tertiary/aromatic N) is 1. The number of benzene rings is 3. The first-order valence-corrected chi connectivity index (χ1v) is 10.1. The van der Waals surface area contributed by atoms with Crippen molar-refractivity contribution >= 4 is 39.1 Å². The van der Waals surface area contributed by atoms with Crippen LogP contribution in [0, 0.1) is 0 Å². The van der Waals surface area contributed by atoms with E-state index in [2.05, 4.69) is 15.9 Å². The zero-order valence-electron chi connectivity index (χ0n) is 16.1. The van der Waals surface area contributed by atoms with Crippen LogP contribution in [0.5, 0.6) is 5.75 Å². The van der Waals surface area contributed by atoms with Crippen molar-refractivity contribution in [2.75, 3.05) is 12.0 Å². The van der Waals surface area contributed by atoms with Gasteiger partial charge in [0.05, 0.1) is 18.7 Å². The van der Waals surface area contributed by atoms with Crippen LogP contribution in [0.25, 0.3) is 5.76 Å². The molecule has 0 aliphatic carbocycles. The van der Waals surface area contributed by atoms with Gasteiger partial charge in [-0.3, -0.25) is 14.5 Å². The van der Waals surface area contributed by atoms with E-state index in [0.717, 1.165) is 10.0 Å². The Morgan fingerprint density at radius 2 is 1.70 bits per heavy atom. The van der Waals surface area contributed by atoms with Crippen molar-refractivity contribution in [3.63, 3.8) is 0 Å². The van der Waals surface area contributed by atoms with Crippen LogP contribution < -0.4 is 9.64 Å². The molecule has 6 heteroatoms. The molecule has 0 radical (unpaired) electrons. The van der Waals surface area contributed by atoms with Crippen LogP contribution in [-0.2, 0) is 9.59 Å². The molecule has 30 heavy (non-hydrogen) atoms. The number of methoxy groups -OCH3 is 1. The van der Waals surface area contributed by atoms with E-state index in [1.165, 1.54) is 12.0 Å². The van der Waals surface area contributed by atoms with Gasteiger partial charge in [0.2, 0.25) is 0 Å². The molecule has 1 heterocycles. The second-order valence-electron chi connectivity index (χ2n) is 6.79. The van der Waals surface area contributed by atoms with Crippen molar-refractivity contribution in [2.24, 2.45) is 0 Å². The van der Waals surface area contributed by atoms with E-state index in [9.17, 15) is 14.7 Å². The number of Topliss-reactive ketones (excluding diaryl/α,β-unsaturated/α-hetero) is 1. The van der Waals surface area contributed by atoms with Crippen LogP contribution in [0.4, 0.5) is 5.69 Å². The molecule has 1 atom stereocenters. The Bertz CT molecular complexity index is 1160. The fraction of sp³-hybridized carbons (Fsp3) is 0.0833. The SMILES string of the molecule is COc1cccc(/C(O)=C2\C(=O)C(=O)N(c3cccc(Br)c3)C2c2ccccc2)c1. The highest BCUT2D eigenvalue weighted by atomic mass is 79.9. The Kier molecular flexibility index (Phi) is 5.42. The Labute approximate surface area is 182 Å². The minimum Gasteiger partial charge on any atom is -0.507 e. The number of carbonyl (C=O) groups excluding carboxylic acids is 2. The van der Waals surface area contributed by atoms with Gasteiger partial charge in [-0.1, -0.05) is 64.5 Å². The lowest BCUT2D eigenvalue weighted by Crippen LogP contribution is -2.29. The number of ketones is 1. The van der Waals surface area contributed by atoms with Crippen molar-refractivity contribution < 1.29 is 19.4 Å². The maximum atomic E-state index is 13.1. The van der Waals surface area contributed by atoms with Crippen LogP contribution in [0.2, 0.25) is 0 Å². The van der Waals surface area contributed by atoms with E-state index < -0.39 is 17.7 Å². The smallest absolute Gasteiger partial charge is 0.300 e. The van der Waals surface area contributed by atoms with Crippen LogP contribution in [-0.4, -0.2) is 23.9 Å². The van der Waals surface area contributed by atoms with E-state index >= 15 is 0 Å². The molecular weight excluding hydrogens is 446 g/mol. The summed E-state index contributed by atoms with van der Waals surface area (Å²) in [5.74, 6) is -1.12. The molecule has 1 saturated heterocycles. The lowest BCUT2D eigenvalue weighted by molar-refractivity contribution is -0.132. The van der Waals surface area contributed by atoms with Gasteiger partial charge in [0.15, 0.2) is 0 Å². The highest BCUT2D eigenvalue weighted by Gasteiger charge is 2.46. The maximum Gasteiger partial charge on any atom is 0.300 e. The summed E-state index contributed by atoms with van der Waals surface area (Å²) < 4.78 is 6.01. The van der Waals surface area contributed by atoms with Crippen molar-refractivity contribution in [2.45, 2.75) is 6.04 Å². The Morgan fingerprint density at radius 1 is 0.967 bits per heavy atom. The lowest BCUT2D eigenvalue weighted by atomic mass is 9.95. The highest BCUT2D eigenvalue weighted by Crippen LogP contribution is 2.42. The standard InChI is InChI=1S/C24H18BrNO4/c1-30-19-12-5-9-16(13-19)22(27)20-21(15-7-3-2-4-8-15)26(24(29)23(20)28)18-11-6-10-17(25)14-18/h2-14,21,27H,1H3/b22-20+. The fourth-order valence-electron chi connectivity index (χ4n) is 3.60. The van der Waals surface area contributed by atoms with E-state index in [-0.39, 0.29) is 11.3 Å². The number of carbonyl (C=O) groups is 2. The summed E-state index contributed by atoms with van der Waals surface area (Å²) in [5.41, 5.74) is 1.73. The average molecular weight is 464 g/mol. The Balaban J connectivity index is 1.94.